The number of halogens is 1. The number of nitrogens with one attached hydrogen (secondary N) is 1. The fraction of sp³-hybridized carbons (Fsp3) is 0.278. The van der Waals surface area contributed by atoms with Gasteiger partial charge in [-0.15, -0.1) is 12.4 Å². The van der Waals surface area contributed by atoms with Gasteiger partial charge in [-0.05, 0) is 30.8 Å². The van der Waals surface area contributed by atoms with Gasteiger partial charge in [0.1, 0.15) is 12.4 Å². The Hall–Kier alpha value is -2.04. The maximum Gasteiger partial charge on any atom is 0.253 e. The lowest BCUT2D eigenvalue weighted by molar-refractivity contribution is 0.0796. The van der Waals surface area contributed by atoms with E-state index in [-0.39, 0.29) is 18.3 Å². The molecule has 0 aliphatic heterocycles. The summed E-state index contributed by atoms with van der Waals surface area (Å²) in [6.45, 7) is 1.94. The van der Waals surface area contributed by atoms with Crippen molar-refractivity contribution in [3.05, 3.63) is 65.7 Å². The predicted molar refractivity (Wildman–Crippen MR) is 95.4 cm³/mol. The first-order valence-electron chi connectivity index (χ1n) is 7.37. The molecule has 0 heterocycles. The van der Waals surface area contributed by atoms with E-state index in [9.17, 15) is 4.79 Å². The van der Waals surface area contributed by atoms with Crippen LogP contribution in [0.5, 0.6) is 5.75 Å². The number of benzene rings is 2. The van der Waals surface area contributed by atoms with Crippen LogP contribution in [0.4, 0.5) is 0 Å². The molecule has 0 aliphatic rings. The smallest absolute Gasteiger partial charge is 0.253 e. The number of ether oxygens (including phenoxy) is 1. The van der Waals surface area contributed by atoms with E-state index in [1.165, 1.54) is 0 Å². The molecule has 0 spiro atoms. The number of likely N-dealkylation sites (N-methyl/N-ethyl adjacent to an activating group) is 2. The molecule has 2 aromatic carbocycles. The van der Waals surface area contributed by atoms with Gasteiger partial charge < -0.3 is 15.0 Å². The average molecular weight is 335 g/mol. The Morgan fingerprint density at radius 1 is 1.13 bits per heavy atom. The maximum atomic E-state index is 12.3. The van der Waals surface area contributed by atoms with Crippen LogP contribution in [0.2, 0.25) is 0 Å². The number of nitrogens with zero attached hydrogens (tertiary/aromatic N) is 1. The topological polar surface area (TPSA) is 41.6 Å². The van der Waals surface area contributed by atoms with Gasteiger partial charge in [0.05, 0.1) is 0 Å². The fourth-order valence-corrected chi connectivity index (χ4v) is 2.06. The molecule has 0 saturated heterocycles. The average Bonchev–Trinajstić information content (AvgIpc) is 2.58. The van der Waals surface area contributed by atoms with Crippen LogP contribution in [-0.2, 0) is 6.61 Å². The van der Waals surface area contributed by atoms with Crippen LogP contribution >= 0.6 is 12.4 Å². The molecule has 0 radical (unpaired) electrons. The van der Waals surface area contributed by atoms with Crippen LogP contribution in [0.1, 0.15) is 15.9 Å². The van der Waals surface area contributed by atoms with Gasteiger partial charge in [0.15, 0.2) is 0 Å². The minimum atomic E-state index is 0. The molecule has 124 valence electrons. The molecular formula is C18H23ClN2O2. The van der Waals surface area contributed by atoms with Crippen molar-refractivity contribution in [2.75, 3.05) is 27.2 Å². The van der Waals surface area contributed by atoms with Gasteiger partial charge in [-0.1, -0.05) is 36.4 Å². The monoisotopic (exact) mass is 334 g/mol. The molecule has 0 aromatic heterocycles. The van der Waals surface area contributed by atoms with Crippen LogP contribution in [0, 0.1) is 0 Å². The molecule has 23 heavy (non-hydrogen) atoms. The first-order chi connectivity index (χ1) is 10.7. The Morgan fingerprint density at radius 2 is 1.87 bits per heavy atom. The Labute approximate surface area is 143 Å². The molecule has 1 amide bonds. The second-order valence-electron chi connectivity index (χ2n) is 5.13. The van der Waals surface area contributed by atoms with Gasteiger partial charge in [-0.25, -0.2) is 0 Å². The Balaban J connectivity index is 0.00000264. The summed E-state index contributed by atoms with van der Waals surface area (Å²) >= 11 is 0. The van der Waals surface area contributed by atoms with Gasteiger partial charge >= 0.3 is 0 Å². The summed E-state index contributed by atoms with van der Waals surface area (Å²) < 4.78 is 5.76. The van der Waals surface area contributed by atoms with E-state index >= 15 is 0 Å². The third-order valence-corrected chi connectivity index (χ3v) is 3.37. The number of carbonyl (C=O) groups excluding carboxylic acids is 1. The fourth-order valence-electron chi connectivity index (χ4n) is 2.06. The highest BCUT2D eigenvalue weighted by atomic mass is 35.5. The van der Waals surface area contributed by atoms with E-state index < -0.39 is 0 Å². The summed E-state index contributed by atoms with van der Waals surface area (Å²) in [5.41, 5.74) is 1.74. The van der Waals surface area contributed by atoms with Crippen molar-refractivity contribution in [2.24, 2.45) is 0 Å². The van der Waals surface area contributed by atoms with Crippen molar-refractivity contribution in [3.8, 4) is 5.75 Å². The molecule has 0 saturated carbocycles. The van der Waals surface area contributed by atoms with E-state index in [2.05, 4.69) is 5.32 Å². The van der Waals surface area contributed by atoms with E-state index in [0.29, 0.717) is 24.5 Å². The predicted octanol–water partition coefficient (Wildman–Crippen LogP) is 2.98. The highest BCUT2D eigenvalue weighted by molar-refractivity contribution is 5.94. The van der Waals surface area contributed by atoms with Gasteiger partial charge in [-0.3, -0.25) is 4.79 Å². The van der Waals surface area contributed by atoms with Crippen molar-refractivity contribution in [2.45, 2.75) is 6.61 Å². The third-order valence-electron chi connectivity index (χ3n) is 3.37. The third kappa shape index (κ3) is 5.93. The van der Waals surface area contributed by atoms with Crippen LogP contribution < -0.4 is 10.1 Å². The second kappa shape index (κ2) is 9.87. The summed E-state index contributed by atoms with van der Waals surface area (Å²) in [6.07, 6.45) is 0. The number of hydrogen-bond acceptors (Lipinski definition) is 3. The molecule has 0 bridgehead atoms. The van der Waals surface area contributed by atoms with Gasteiger partial charge in [0, 0.05) is 25.7 Å². The van der Waals surface area contributed by atoms with E-state index in [0.717, 1.165) is 12.1 Å². The lowest BCUT2D eigenvalue weighted by atomic mass is 10.2. The van der Waals surface area contributed by atoms with Crippen molar-refractivity contribution >= 4 is 18.3 Å². The molecule has 0 aliphatic carbocycles. The quantitative estimate of drug-likeness (QED) is 0.846. The number of amides is 1. The summed E-state index contributed by atoms with van der Waals surface area (Å²) in [5, 5.41) is 3.04. The Morgan fingerprint density at radius 3 is 2.57 bits per heavy atom. The number of rotatable bonds is 7. The Kier molecular flexibility index (Phi) is 8.16. The standard InChI is InChI=1S/C18H22N2O2.ClH/c1-19-11-12-20(2)18(21)16-9-6-10-17(13-16)22-14-15-7-4-3-5-8-15;/h3-10,13,19H,11-12,14H2,1-2H3;1H. The minimum absolute atomic E-state index is 0. The van der Waals surface area contributed by atoms with Crippen molar-refractivity contribution in [1.82, 2.24) is 10.2 Å². The lowest BCUT2D eigenvalue weighted by Crippen LogP contribution is -2.32. The number of carbonyl (C=O) groups is 1. The normalized spacial score (nSPS) is 9.83. The van der Waals surface area contributed by atoms with Crippen molar-refractivity contribution < 1.29 is 9.53 Å². The van der Waals surface area contributed by atoms with Crippen LogP contribution in [-0.4, -0.2) is 38.0 Å². The summed E-state index contributed by atoms with van der Waals surface area (Å²) in [5.74, 6) is 0.706. The van der Waals surface area contributed by atoms with Gasteiger partial charge in [0.25, 0.3) is 5.91 Å². The second-order valence-corrected chi connectivity index (χ2v) is 5.13. The largest absolute Gasteiger partial charge is 0.489 e. The number of hydrogen-bond donors (Lipinski definition) is 1. The zero-order valence-corrected chi connectivity index (χ0v) is 14.3. The summed E-state index contributed by atoms with van der Waals surface area (Å²) in [4.78, 5) is 14.0. The van der Waals surface area contributed by atoms with E-state index in [4.69, 9.17) is 4.74 Å². The molecule has 4 nitrogen and oxygen atoms in total. The van der Waals surface area contributed by atoms with Crippen LogP contribution in [0.15, 0.2) is 54.6 Å². The Bertz CT molecular complexity index is 605. The minimum Gasteiger partial charge on any atom is -0.489 e. The molecule has 0 fully saturated rings. The van der Waals surface area contributed by atoms with E-state index in [1.54, 1.807) is 18.0 Å². The summed E-state index contributed by atoms with van der Waals surface area (Å²) in [7, 11) is 3.67. The van der Waals surface area contributed by atoms with E-state index in [1.807, 2.05) is 55.6 Å². The molecule has 2 aromatic rings. The highest BCUT2D eigenvalue weighted by Crippen LogP contribution is 2.16. The van der Waals surface area contributed by atoms with Crippen molar-refractivity contribution in [1.29, 1.82) is 0 Å². The molecular weight excluding hydrogens is 312 g/mol. The molecule has 5 heteroatoms. The maximum absolute atomic E-state index is 12.3. The lowest BCUT2D eigenvalue weighted by Gasteiger charge is -2.17. The first-order valence-corrected chi connectivity index (χ1v) is 7.37. The van der Waals surface area contributed by atoms with Crippen molar-refractivity contribution in [3.63, 3.8) is 0 Å². The highest BCUT2D eigenvalue weighted by Gasteiger charge is 2.11. The van der Waals surface area contributed by atoms with Gasteiger partial charge in [-0.2, -0.15) is 0 Å². The molecule has 0 unspecified atom stereocenters. The summed E-state index contributed by atoms with van der Waals surface area (Å²) in [6, 6.07) is 17.3. The van der Waals surface area contributed by atoms with Crippen LogP contribution in [0.3, 0.4) is 0 Å². The zero-order valence-electron chi connectivity index (χ0n) is 13.5. The van der Waals surface area contributed by atoms with Gasteiger partial charge in [0.2, 0.25) is 0 Å². The zero-order chi connectivity index (χ0) is 15.8. The molecule has 0 atom stereocenters. The molecule has 1 N–H and O–H groups in total. The first kappa shape index (κ1) is 19.0. The SMILES string of the molecule is CNCCN(C)C(=O)c1cccc(OCc2ccccc2)c1.Cl. The van der Waals surface area contributed by atoms with Crippen LogP contribution in [0.25, 0.3) is 0 Å². The molecule has 2 rings (SSSR count).